The van der Waals surface area contributed by atoms with Crippen LogP contribution in [0.1, 0.15) is 29.5 Å². The molecular weight excluding hydrogens is 310 g/mol. The van der Waals surface area contributed by atoms with Crippen LogP contribution in [0.2, 0.25) is 0 Å². The van der Waals surface area contributed by atoms with Crippen molar-refractivity contribution < 1.29 is 14.3 Å². The minimum atomic E-state index is -0.288. The normalized spacial score (nSPS) is 10.3. The molecule has 1 aromatic heterocycles. The monoisotopic (exact) mass is 331 g/mol. The number of hydrogen-bond acceptors (Lipinski definition) is 5. The molecule has 0 saturated carbocycles. The van der Waals surface area contributed by atoms with Crippen LogP contribution in [0.3, 0.4) is 0 Å². The van der Waals surface area contributed by atoms with Gasteiger partial charge >= 0.3 is 0 Å². The number of methoxy groups -OCH3 is 1. The van der Waals surface area contributed by atoms with Gasteiger partial charge in [-0.2, -0.15) is 0 Å². The lowest BCUT2D eigenvalue weighted by atomic mass is 10.2. The van der Waals surface area contributed by atoms with Gasteiger partial charge in [-0.1, -0.05) is 11.3 Å². The topological polar surface area (TPSA) is 98.1 Å². The van der Waals surface area contributed by atoms with Crippen molar-refractivity contribution in [1.29, 1.82) is 0 Å². The van der Waals surface area contributed by atoms with Crippen molar-refractivity contribution >= 4 is 11.8 Å². The maximum Gasteiger partial charge on any atom is 0.273 e. The summed E-state index contributed by atoms with van der Waals surface area (Å²) >= 11 is 0. The first-order chi connectivity index (χ1) is 11.5. The standard InChI is InChI=1S/C16H21N5O3/c1-11-15(16(23)18-9-5-8-17-12(2)22)19-20-21(11)13-6-4-7-14(10-13)24-3/h4,6-7,10H,5,8-9H2,1-3H3,(H,17,22)(H,18,23). The predicted molar refractivity (Wildman–Crippen MR) is 88.3 cm³/mol. The molecule has 0 aliphatic heterocycles. The van der Waals surface area contributed by atoms with E-state index in [4.69, 9.17) is 4.74 Å². The number of rotatable bonds is 7. The highest BCUT2D eigenvalue weighted by molar-refractivity contribution is 5.93. The fourth-order valence-electron chi connectivity index (χ4n) is 2.16. The molecule has 0 aliphatic rings. The Labute approximate surface area is 140 Å². The molecule has 0 spiro atoms. The summed E-state index contributed by atoms with van der Waals surface area (Å²) in [5.74, 6) is 0.328. The Morgan fingerprint density at radius 3 is 2.71 bits per heavy atom. The lowest BCUT2D eigenvalue weighted by Crippen LogP contribution is -2.29. The molecular formula is C16H21N5O3. The van der Waals surface area contributed by atoms with E-state index >= 15 is 0 Å². The van der Waals surface area contributed by atoms with Gasteiger partial charge in [-0.05, 0) is 25.5 Å². The third-order valence-electron chi connectivity index (χ3n) is 3.42. The zero-order chi connectivity index (χ0) is 17.5. The van der Waals surface area contributed by atoms with Gasteiger partial charge in [0, 0.05) is 26.1 Å². The molecule has 0 saturated heterocycles. The Morgan fingerprint density at radius 2 is 2.00 bits per heavy atom. The Kier molecular flexibility index (Phi) is 5.89. The third kappa shape index (κ3) is 4.31. The smallest absolute Gasteiger partial charge is 0.273 e. The van der Waals surface area contributed by atoms with Gasteiger partial charge in [-0.3, -0.25) is 9.59 Å². The molecule has 1 aromatic carbocycles. The van der Waals surface area contributed by atoms with E-state index in [-0.39, 0.29) is 17.5 Å². The van der Waals surface area contributed by atoms with Crippen LogP contribution in [0, 0.1) is 6.92 Å². The average molecular weight is 331 g/mol. The molecule has 0 bridgehead atoms. The van der Waals surface area contributed by atoms with Crippen molar-refractivity contribution in [3.8, 4) is 11.4 Å². The van der Waals surface area contributed by atoms with Crippen molar-refractivity contribution in [3.05, 3.63) is 35.7 Å². The molecule has 1 heterocycles. The van der Waals surface area contributed by atoms with E-state index in [9.17, 15) is 9.59 Å². The molecule has 2 amide bonds. The lowest BCUT2D eigenvalue weighted by molar-refractivity contribution is -0.118. The summed E-state index contributed by atoms with van der Waals surface area (Å²) in [6, 6.07) is 7.35. The number of carbonyl (C=O) groups excluding carboxylic acids is 2. The quantitative estimate of drug-likeness (QED) is 0.733. The fraction of sp³-hybridized carbons (Fsp3) is 0.375. The first-order valence-electron chi connectivity index (χ1n) is 7.62. The highest BCUT2D eigenvalue weighted by Crippen LogP contribution is 2.18. The molecule has 2 rings (SSSR count). The second-order valence-corrected chi connectivity index (χ2v) is 5.23. The van der Waals surface area contributed by atoms with Gasteiger partial charge < -0.3 is 15.4 Å². The number of nitrogens with zero attached hydrogens (tertiary/aromatic N) is 3. The van der Waals surface area contributed by atoms with Gasteiger partial charge in [0.1, 0.15) is 5.75 Å². The molecule has 24 heavy (non-hydrogen) atoms. The van der Waals surface area contributed by atoms with E-state index in [0.717, 1.165) is 5.69 Å². The van der Waals surface area contributed by atoms with Crippen molar-refractivity contribution in [3.63, 3.8) is 0 Å². The highest BCUT2D eigenvalue weighted by Gasteiger charge is 2.17. The summed E-state index contributed by atoms with van der Waals surface area (Å²) in [6.07, 6.45) is 0.647. The SMILES string of the molecule is COc1cccc(-n2nnc(C(=O)NCCCNC(C)=O)c2C)c1. The summed E-state index contributed by atoms with van der Waals surface area (Å²) in [4.78, 5) is 23.0. The molecule has 128 valence electrons. The highest BCUT2D eigenvalue weighted by atomic mass is 16.5. The van der Waals surface area contributed by atoms with Gasteiger partial charge in [0.25, 0.3) is 5.91 Å². The number of benzene rings is 1. The van der Waals surface area contributed by atoms with Crippen molar-refractivity contribution in [2.75, 3.05) is 20.2 Å². The maximum atomic E-state index is 12.2. The average Bonchev–Trinajstić information content (AvgIpc) is 2.95. The fourth-order valence-corrected chi connectivity index (χ4v) is 2.16. The number of nitrogens with one attached hydrogen (secondary N) is 2. The van der Waals surface area contributed by atoms with E-state index < -0.39 is 0 Å². The predicted octanol–water partition coefficient (Wildman–Crippen LogP) is 0.840. The molecule has 2 aromatic rings. The van der Waals surface area contributed by atoms with Crippen molar-refractivity contribution in [2.45, 2.75) is 20.3 Å². The van der Waals surface area contributed by atoms with Crippen molar-refractivity contribution in [2.24, 2.45) is 0 Å². The number of hydrogen-bond donors (Lipinski definition) is 2. The molecule has 8 nitrogen and oxygen atoms in total. The largest absolute Gasteiger partial charge is 0.497 e. The Hall–Kier alpha value is -2.90. The van der Waals surface area contributed by atoms with Crippen LogP contribution in [0.4, 0.5) is 0 Å². The Bertz CT molecular complexity index is 726. The number of ether oxygens (including phenoxy) is 1. The molecule has 0 aliphatic carbocycles. The second kappa shape index (κ2) is 8.09. The summed E-state index contributed by atoms with van der Waals surface area (Å²) < 4.78 is 6.78. The van der Waals surface area contributed by atoms with E-state index in [1.54, 1.807) is 18.7 Å². The van der Waals surface area contributed by atoms with E-state index in [2.05, 4.69) is 20.9 Å². The van der Waals surface area contributed by atoms with Gasteiger partial charge in [0.05, 0.1) is 18.5 Å². The van der Waals surface area contributed by atoms with Crippen LogP contribution in [0.25, 0.3) is 5.69 Å². The third-order valence-corrected chi connectivity index (χ3v) is 3.42. The van der Waals surface area contributed by atoms with Gasteiger partial charge in [0.2, 0.25) is 5.91 Å². The summed E-state index contributed by atoms with van der Waals surface area (Å²) in [5, 5.41) is 13.5. The number of amides is 2. The Morgan fingerprint density at radius 1 is 1.25 bits per heavy atom. The van der Waals surface area contributed by atoms with Crippen LogP contribution in [-0.2, 0) is 4.79 Å². The van der Waals surface area contributed by atoms with Crippen LogP contribution >= 0.6 is 0 Å². The minimum Gasteiger partial charge on any atom is -0.497 e. The first kappa shape index (κ1) is 17.5. The van der Waals surface area contributed by atoms with Gasteiger partial charge in [-0.25, -0.2) is 4.68 Å². The van der Waals surface area contributed by atoms with E-state index in [1.807, 2.05) is 24.3 Å². The minimum absolute atomic E-state index is 0.0848. The van der Waals surface area contributed by atoms with Gasteiger partial charge in [-0.15, -0.1) is 5.10 Å². The number of aromatic nitrogens is 3. The lowest BCUT2D eigenvalue weighted by Gasteiger charge is -2.06. The maximum absolute atomic E-state index is 12.2. The van der Waals surface area contributed by atoms with E-state index in [0.29, 0.717) is 31.0 Å². The summed E-state index contributed by atoms with van der Waals surface area (Å²) in [6.45, 7) is 4.21. The zero-order valence-electron chi connectivity index (χ0n) is 14.0. The molecule has 0 radical (unpaired) electrons. The van der Waals surface area contributed by atoms with Crippen LogP contribution in [0.5, 0.6) is 5.75 Å². The van der Waals surface area contributed by atoms with Crippen LogP contribution < -0.4 is 15.4 Å². The van der Waals surface area contributed by atoms with Crippen LogP contribution in [0.15, 0.2) is 24.3 Å². The molecule has 0 fully saturated rings. The van der Waals surface area contributed by atoms with Gasteiger partial charge in [0.15, 0.2) is 5.69 Å². The summed E-state index contributed by atoms with van der Waals surface area (Å²) in [5.41, 5.74) is 1.68. The zero-order valence-corrected chi connectivity index (χ0v) is 14.0. The molecule has 0 unspecified atom stereocenters. The number of carbonyl (C=O) groups is 2. The first-order valence-corrected chi connectivity index (χ1v) is 7.62. The van der Waals surface area contributed by atoms with E-state index in [1.165, 1.54) is 6.92 Å². The molecule has 8 heteroatoms. The van der Waals surface area contributed by atoms with Crippen LogP contribution in [-0.4, -0.2) is 47.0 Å². The molecule has 2 N–H and O–H groups in total. The summed E-state index contributed by atoms with van der Waals surface area (Å²) in [7, 11) is 1.59. The second-order valence-electron chi connectivity index (χ2n) is 5.23. The molecule has 0 atom stereocenters. The van der Waals surface area contributed by atoms with Crippen molar-refractivity contribution in [1.82, 2.24) is 25.6 Å². The Balaban J connectivity index is 2.01.